The normalized spacial score (nSPS) is 20.2. The third kappa shape index (κ3) is 4.81. The summed E-state index contributed by atoms with van der Waals surface area (Å²) >= 11 is 0. The van der Waals surface area contributed by atoms with Gasteiger partial charge in [0.2, 0.25) is 0 Å². The number of ether oxygens (including phenoxy) is 1. The van der Waals surface area contributed by atoms with E-state index in [2.05, 4.69) is 30.4 Å². The second-order valence-electron chi connectivity index (χ2n) is 7.33. The second-order valence-corrected chi connectivity index (χ2v) is 7.33. The quantitative estimate of drug-likeness (QED) is 0.791. The van der Waals surface area contributed by atoms with Gasteiger partial charge in [-0.1, -0.05) is 37.5 Å². The van der Waals surface area contributed by atoms with E-state index in [4.69, 9.17) is 4.74 Å². The molecule has 2 aliphatic rings. The van der Waals surface area contributed by atoms with Gasteiger partial charge in [-0.25, -0.2) is 0 Å². The highest BCUT2D eigenvalue weighted by atomic mass is 16.5. The Balaban J connectivity index is 1.50. The predicted molar refractivity (Wildman–Crippen MR) is 96.8 cm³/mol. The molecule has 2 nitrogen and oxygen atoms in total. The number of benzene rings is 1. The molecular weight excluding hydrogens is 282 g/mol. The van der Waals surface area contributed by atoms with Crippen molar-refractivity contribution in [3.63, 3.8) is 0 Å². The molecule has 1 aromatic rings. The topological polar surface area (TPSA) is 21.3 Å². The minimum Gasteiger partial charge on any atom is -0.377 e. The maximum Gasteiger partial charge on any atom is 0.0727 e. The molecule has 0 radical (unpaired) electrons. The van der Waals surface area contributed by atoms with E-state index in [0.29, 0.717) is 6.10 Å². The van der Waals surface area contributed by atoms with Crippen molar-refractivity contribution in [3.05, 3.63) is 34.9 Å². The molecule has 2 heteroatoms. The van der Waals surface area contributed by atoms with Crippen LogP contribution < -0.4 is 5.32 Å². The standard InChI is InChI=1S/C21H33NO/c1-2-23-21(19-9-4-3-5-10-19)16-22-15-17-12-13-18-8-6-7-11-20(18)14-17/h12-14,19,21-22H,2-11,15-16H2,1H3. The van der Waals surface area contributed by atoms with Gasteiger partial charge in [0, 0.05) is 19.7 Å². The fourth-order valence-electron chi connectivity index (χ4n) is 4.34. The summed E-state index contributed by atoms with van der Waals surface area (Å²) in [7, 11) is 0. The number of rotatable bonds is 7. The monoisotopic (exact) mass is 315 g/mol. The lowest BCUT2D eigenvalue weighted by molar-refractivity contribution is 0.00793. The Morgan fingerprint density at radius 1 is 1.04 bits per heavy atom. The highest BCUT2D eigenvalue weighted by Gasteiger charge is 2.23. The first-order valence-electron chi connectivity index (χ1n) is 9.80. The van der Waals surface area contributed by atoms with Gasteiger partial charge in [0.1, 0.15) is 0 Å². The van der Waals surface area contributed by atoms with Crippen molar-refractivity contribution in [1.29, 1.82) is 0 Å². The lowest BCUT2D eigenvalue weighted by atomic mass is 9.85. The van der Waals surface area contributed by atoms with E-state index in [9.17, 15) is 0 Å². The van der Waals surface area contributed by atoms with Crippen molar-refractivity contribution < 1.29 is 4.74 Å². The molecule has 2 aliphatic carbocycles. The van der Waals surface area contributed by atoms with Gasteiger partial charge in [-0.3, -0.25) is 0 Å². The first-order chi connectivity index (χ1) is 11.4. The molecule has 1 fully saturated rings. The molecule has 0 saturated heterocycles. The average molecular weight is 316 g/mol. The van der Waals surface area contributed by atoms with Crippen LogP contribution >= 0.6 is 0 Å². The fraction of sp³-hybridized carbons (Fsp3) is 0.714. The van der Waals surface area contributed by atoms with E-state index in [1.54, 1.807) is 11.1 Å². The van der Waals surface area contributed by atoms with Crippen LogP contribution in [0.3, 0.4) is 0 Å². The van der Waals surface area contributed by atoms with Crippen LogP contribution in [0.2, 0.25) is 0 Å². The highest BCUT2D eigenvalue weighted by Crippen LogP contribution is 2.28. The van der Waals surface area contributed by atoms with Crippen molar-refractivity contribution in [3.8, 4) is 0 Å². The number of aryl methyl sites for hydroxylation is 2. The maximum atomic E-state index is 6.05. The third-order valence-corrected chi connectivity index (χ3v) is 5.64. The van der Waals surface area contributed by atoms with Crippen LogP contribution in [0.4, 0.5) is 0 Å². The molecule has 1 aromatic carbocycles. The van der Waals surface area contributed by atoms with E-state index in [1.165, 1.54) is 63.4 Å². The van der Waals surface area contributed by atoms with Crippen molar-refractivity contribution in [2.24, 2.45) is 5.92 Å². The molecule has 0 aromatic heterocycles. The summed E-state index contributed by atoms with van der Waals surface area (Å²) in [5.74, 6) is 0.764. The van der Waals surface area contributed by atoms with Crippen molar-refractivity contribution in [2.45, 2.75) is 77.4 Å². The van der Waals surface area contributed by atoms with E-state index >= 15 is 0 Å². The van der Waals surface area contributed by atoms with Gasteiger partial charge in [0.05, 0.1) is 6.10 Å². The summed E-state index contributed by atoms with van der Waals surface area (Å²) in [6.45, 7) is 4.93. The van der Waals surface area contributed by atoms with Gasteiger partial charge >= 0.3 is 0 Å². The summed E-state index contributed by atoms with van der Waals surface area (Å²) in [4.78, 5) is 0. The van der Waals surface area contributed by atoms with Crippen LogP contribution in [0.1, 0.15) is 68.6 Å². The minimum atomic E-state index is 0.401. The van der Waals surface area contributed by atoms with E-state index in [1.807, 2.05) is 0 Å². The molecule has 0 amide bonds. The fourth-order valence-corrected chi connectivity index (χ4v) is 4.34. The van der Waals surface area contributed by atoms with Gasteiger partial charge < -0.3 is 10.1 Å². The summed E-state index contributed by atoms with van der Waals surface area (Å²) in [5.41, 5.74) is 4.60. The van der Waals surface area contributed by atoms with Gasteiger partial charge in [0.15, 0.2) is 0 Å². The van der Waals surface area contributed by atoms with Gasteiger partial charge in [-0.05, 0) is 68.1 Å². The zero-order valence-corrected chi connectivity index (χ0v) is 14.8. The number of hydrogen-bond acceptors (Lipinski definition) is 2. The summed E-state index contributed by atoms with van der Waals surface area (Å²) in [6.07, 6.45) is 12.6. The van der Waals surface area contributed by atoms with Gasteiger partial charge in [0.25, 0.3) is 0 Å². The highest BCUT2D eigenvalue weighted by molar-refractivity contribution is 5.33. The molecule has 0 spiro atoms. The molecule has 1 unspecified atom stereocenters. The zero-order chi connectivity index (χ0) is 15.9. The van der Waals surface area contributed by atoms with E-state index < -0.39 is 0 Å². The zero-order valence-electron chi connectivity index (χ0n) is 14.8. The minimum absolute atomic E-state index is 0.401. The van der Waals surface area contributed by atoms with Gasteiger partial charge in [-0.2, -0.15) is 0 Å². The Morgan fingerprint density at radius 3 is 2.61 bits per heavy atom. The number of nitrogens with one attached hydrogen (secondary N) is 1. The molecule has 1 N–H and O–H groups in total. The Kier molecular flexibility index (Phi) is 6.53. The van der Waals surface area contributed by atoms with Crippen molar-refractivity contribution in [1.82, 2.24) is 5.32 Å². The van der Waals surface area contributed by atoms with Crippen molar-refractivity contribution in [2.75, 3.05) is 13.2 Å². The molecule has 1 atom stereocenters. The van der Waals surface area contributed by atoms with Crippen LogP contribution in [0, 0.1) is 5.92 Å². The smallest absolute Gasteiger partial charge is 0.0727 e. The number of hydrogen-bond donors (Lipinski definition) is 1. The maximum absolute atomic E-state index is 6.05. The summed E-state index contributed by atoms with van der Waals surface area (Å²) < 4.78 is 6.05. The molecule has 0 heterocycles. The van der Waals surface area contributed by atoms with Crippen LogP contribution in [-0.4, -0.2) is 19.3 Å². The Hall–Kier alpha value is -0.860. The van der Waals surface area contributed by atoms with Crippen LogP contribution in [-0.2, 0) is 24.1 Å². The first-order valence-corrected chi connectivity index (χ1v) is 9.80. The molecule has 3 rings (SSSR count). The summed E-state index contributed by atoms with van der Waals surface area (Å²) in [5, 5.41) is 3.67. The van der Waals surface area contributed by atoms with E-state index in [0.717, 1.165) is 25.6 Å². The molecule has 23 heavy (non-hydrogen) atoms. The van der Waals surface area contributed by atoms with Crippen molar-refractivity contribution >= 4 is 0 Å². The largest absolute Gasteiger partial charge is 0.377 e. The second kappa shape index (κ2) is 8.84. The molecule has 0 aliphatic heterocycles. The molecule has 128 valence electrons. The van der Waals surface area contributed by atoms with Crippen LogP contribution in [0.25, 0.3) is 0 Å². The molecule has 0 bridgehead atoms. The lowest BCUT2D eigenvalue weighted by Crippen LogP contribution is -2.36. The van der Waals surface area contributed by atoms with Crippen LogP contribution in [0.15, 0.2) is 18.2 Å². The van der Waals surface area contributed by atoms with Crippen LogP contribution in [0.5, 0.6) is 0 Å². The van der Waals surface area contributed by atoms with E-state index in [-0.39, 0.29) is 0 Å². The Morgan fingerprint density at radius 2 is 1.83 bits per heavy atom. The first kappa shape index (κ1) is 17.0. The molecular formula is C21H33NO. The average Bonchev–Trinajstić information content (AvgIpc) is 2.61. The Labute approximate surface area is 142 Å². The number of fused-ring (bicyclic) bond motifs is 1. The van der Waals surface area contributed by atoms with Gasteiger partial charge in [-0.15, -0.1) is 0 Å². The predicted octanol–water partition coefficient (Wildman–Crippen LogP) is 4.64. The SMILES string of the molecule is CCOC(CNCc1ccc2c(c1)CCCC2)C1CCCCC1. The molecule has 1 saturated carbocycles. The summed E-state index contributed by atoms with van der Waals surface area (Å²) in [6, 6.07) is 7.10. The Bertz CT molecular complexity index is 479. The third-order valence-electron chi connectivity index (χ3n) is 5.64. The lowest BCUT2D eigenvalue weighted by Gasteiger charge is -2.30.